The Bertz CT molecular complexity index is 992. The molecule has 4 rings (SSSR count). The van der Waals surface area contributed by atoms with Crippen molar-refractivity contribution in [2.75, 3.05) is 0 Å². The third-order valence-electron chi connectivity index (χ3n) is 3.71. The molecule has 0 bridgehead atoms. The van der Waals surface area contributed by atoms with E-state index in [0.717, 1.165) is 27.3 Å². The molecule has 0 saturated heterocycles. The minimum atomic E-state index is 0.0481. The quantitative estimate of drug-likeness (QED) is 0.470. The maximum Gasteiger partial charge on any atom is 0.261 e. The standard InChI is InChI=1S/C16H12N2O/c1-17-15-12-7-3-2-6-11(12)10-18(15)14-9-5-4-8-13(14)16(17)19/h2-10H,1H3. The molecule has 92 valence electrons. The normalized spacial score (nSPS) is 11.6. The van der Waals surface area contributed by atoms with E-state index in [0.29, 0.717) is 0 Å². The monoisotopic (exact) mass is 248 g/mol. The van der Waals surface area contributed by atoms with E-state index in [-0.39, 0.29) is 5.56 Å². The Labute approximate surface area is 109 Å². The van der Waals surface area contributed by atoms with Crippen LogP contribution < -0.4 is 5.56 Å². The van der Waals surface area contributed by atoms with Crippen LogP contribution in [0.25, 0.3) is 27.3 Å². The van der Waals surface area contributed by atoms with Gasteiger partial charge in [0, 0.05) is 24.0 Å². The Balaban J connectivity index is 2.45. The van der Waals surface area contributed by atoms with Crippen LogP contribution in [0.5, 0.6) is 0 Å². The van der Waals surface area contributed by atoms with Crippen molar-refractivity contribution in [2.24, 2.45) is 7.05 Å². The topological polar surface area (TPSA) is 26.4 Å². The number of benzene rings is 2. The van der Waals surface area contributed by atoms with Gasteiger partial charge in [-0.2, -0.15) is 0 Å². The molecule has 2 aromatic heterocycles. The van der Waals surface area contributed by atoms with E-state index in [1.54, 1.807) is 4.57 Å². The van der Waals surface area contributed by atoms with Gasteiger partial charge in [-0.1, -0.05) is 36.4 Å². The summed E-state index contributed by atoms with van der Waals surface area (Å²) < 4.78 is 3.83. The van der Waals surface area contributed by atoms with Gasteiger partial charge in [-0.3, -0.25) is 9.36 Å². The van der Waals surface area contributed by atoms with E-state index in [2.05, 4.69) is 22.7 Å². The second-order valence-corrected chi connectivity index (χ2v) is 4.79. The van der Waals surface area contributed by atoms with Crippen LogP contribution in [-0.2, 0) is 7.05 Å². The Hall–Kier alpha value is -2.55. The van der Waals surface area contributed by atoms with Crippen LogP contribution in [0.4, 0.5) is 0 Å². The van der Waals surface area contributed by atoms with Gasteiger partial charge < -0.3 is 4.40 Å². The minimum Gasteiger partial charge on any atom is -0.301 e. The summed E-state index contributed by atoms with van der Waals surface area (Å²) in [5.41, 5.74) is 1.95. The Morgan fingerprint density at radius 2 is 1.58 bits per heavy atom. The first-order valence-corrected chi connectivity index (χ1v) is 6.25. The molecule has 0 N–H and O–H groups in total. The molecular formula is C16H12N2O. The van der Waals surface area contributed by atoms with E-state index >= 15 is 0 Å². The van der Waals surface area contributed by atoms with Crippen LogP contribution >= 0.6 is 0 Å². The van der Waals surface area contributed by atoms with Crippen LogP contribution in [0.2, 0.25) is 0 Å². The van der Waals surface area contributed by atoms with Gasteiger partial charge >= 0.3 is 0 Å². The number of aromatic nitrogens is 2. The smallest absolute Gasteiger partial charge is 0.261 e. The second kappa shape index (κ2) is 3.48. The highest BCUT2D eigenvalue weighted by Crippen LogP contribution is 2.23. The molecule has 2 aromatic carbocycles. The van der Waals surface area contributed by atoms with Crippen LogP contribution in [0.1, 0.15) is 0 Å². The molecular weight excluding hydrogens is 236 g/mol. The number of para-hydroxylation sites is 1. The predicted molar refractivity (Wildman–Crippen MR) is 77.7 cm³/mol. The summed E-state index contributed by atoms with van der Waals surface area (Å²) >= 11 is 0. The van der Waals surface area contributed by atoms with Crippen molar-refractivity contribution < 1.29 is 0 Å². The summed E-state index contributed by atoms with van der Waals surface area (Å²) in [5.74, 6) is 0. The van der Waals surface area contributed by atoms with Gasteiger partial charge in [0.1, 0.15) is 5.65 Å². The highest BCUT2D eigenvalue weighted by molar-refractivity contribution is 5.98. The summed E-state index contributed by atoms with van der Waals surface area (Å²) in [4.78, 5) is 12.4. The zero-order valence-electron chi connectivity index (χ0n) is 10.5. The molecule has 3 heteroatoms. The molecule has 19 heavy (non-hydrogen) atoms. The Morgan fingerprint density at radius 3 is 2.42 bits per heavy atom. The van der Waals surface area contributed by atoms with Gasteiger partial charge in [-0.25, -0.2) is 0 Å². The zero-order chi connectivity index (χ0) is 13.0. The molecule has 0 atom stereocenters. The molecule has 3 nitrogen and oxygen atoms in total. The summed E-state index contributed by atoms with van der Waals surface area (Å²) in [5, 5.41) is 3.00. The number of fused-ring (bicyclic) bond motifs is 5. The summed E-state index contributed by atoms with van der Waals surface area (Å²) in [6.45, 7) is 0. The first-order chi connectivity index (χ1) is 9.27. The van der Waals surface area contributed by atoms with Gasteiger partial charge in [0.15, 0.2) is 0 Å². The Morgan fingerprint density at radius 1 is 0.895 bits per heavy atom. The molecule has 0 spiro atoms. The summed E-state index contributed by atoms with van der Waals surface area (Å²) in [6.07, 6.45) is 2.09. The number of hydrogen-bond donors (Lipinski definition) is 0. The fourth-order valence-electron chi connectivity index (χ4n) is 2.81. The fraction of sp³-hybridized carbons (Fsp3) is 0.0625. The first-order valence-electron chi connectivity index (χ1n) is 6.25. The van der Waals surface area contributed by atoms with Crippen molar-refractivity contribution >= 4 is 27.3 Å². The molecule has 0 radical (unpaired) electrons. The molecule has 4 aromatic rings. The molecule has 0 fully saturated rings. The third-order valence-corrected chi connectivity index (χ3v) is 3.71. The lowest BCUT2D eigenvalue weighted by molar-refractivity contribution is 0.885. The van der Waals surface area contributed by atoms with Gasteiger partial charge in [-0.05, 0) is 12.1 Å². The lowest BCUT2D eigenvalue weighted by Crippen LogP contribution is -2.19. The average molecular weight is 248 g/mol. The van der Waals surface area contributed by atoms with E-state index in [1.165, 1.54) is 0 Å². The molecule has 0 saturated carbocycles. The van der Waals surface area contributed by atoms with Crippen molar-refractivity contribution in [3.63, 3.8) is 0 Å². The summed E-state index contributed by atoms with van der Waals surface area (Å²) in [7, 11) is 1.83. The molecule has 0 unspecified atom stereocenters. The SMILES string of the molecule is Cn1c(=O)c2ccccc2n2cc3ccccc3c12. The lowest BCUT2D eigenvalue weighted by Gasteiger charge is -2.07. The number of nitrogens with zero attached hydrogens (tertiary/aromatic N) is 2. The van der Waals surface area contributed by atoms with Crippen molar-refractivity contribution in [1.29, 1.82) is 0 Å². The minimum absolute atomic E-state index is 0.0481. The van der Waals surface area contributed by atoms with E-state index in [9.17, 15) is 4.79 Å². The van der Waals surface area contributed by atoms with Gasteiger partial charge in [-0.15, -0.1) is 0 Å². The third kappa shape index (κ3) is 1.24. The van der Waals surface area contributed by atoms with E-state index in [1.807, 2.05) is 43.4 Å². The summed E-state index contributed by atoms with van der Waals surface area (Å²) in [6, 6.07) is 15.9. The van der Waals surface area contributed by atoms with E-state index < -0.39 is 0 Å². The lowest BCUT2D eigenvalue weighted by atomic mass is 10.2. The molecule has 0 aliphatic carbocycles. The number of hydrogen-bond acceptors (Lipinski definition) is 1. The van der Waals surface area contributed by atoms with Crippen molar-refractivity contribution in [2.45, 2.75) is 0 Å². The van der Waals surface area contributed by atoms with Crippen molar-refractivity contribution in [3.05, 3.63) is 65.1 Å². The molecule has 0 amide bonds. The highest BCUT2D eigenvalue weighted by atomic mass is 16.1. The average Bonchev–Trinajstić information content (AvgIpc) is 2.84. The molecule has 0 aliphatic heterocycles. The van der Waals surface area contributed by atoms with E-state index in [4.69, 9.17) is 0 Å². The second-order valence-electron chi connectivity index (χ2n) is 4.79. The zero-order valence-corrected chi connectivity index (χ0v) is 10.5. The predicted octanol–water partition coefficient (Wildman–Crippen LogP) is 2.94. The van der Waals surface area contributed by atoms with Crippen LogP contribution in [0, 0.1) is 0 Å². The van der Waals surface area contributed by atoms with Crippen LogP contribution in [0.3, 0.4) is 0 Å². The number of aryl methyl sites for hydroxylation is 1. The largest absolute Gasteiger partial charge is 0.301 e. The van der Waals surface area contributed by atoms with Crippen molar-refractivity contribution in [1.82, 2.24) is 8.97 Å². The number of rotatable bonds is 0. The van der Waals surface area contributed by atoms with Gasteiger partial charge in [0.25, 0.3) is 5.56 Å². The fourth-order valence-corrected chi connectivity index (χ4v) is 2.81. The van der Waals surface area contributed by atoms with Crippen LogP contribution in [-0.4, -0.2) is 8.97 Å². The maximum absolute atomic E-state index is 12.4. The molecule has 0 aliphatic rings. The maximum atomic E-state index is 12.4. The van der Waals surface area contributed by atoms with Crippen molar-refractivity contribution in [3.8, 4) is 0 Å². The highest BCUT2D eigenvalue weighted by Gasteiger charge is 2.11. The van der Waals surface area contributed by atoms with Crippen LogP contribution in [0.15, 0.2) is 59.5 Å². The first kappa shape index (κ1) is 10.4. The van der Waals surface area contributed by atoms with Gasteiger partial charge in [0.2, 0.25) is 0 Å². The van der Waals surface area contributed by atoms with Gasteiger partial charge in [0.05, 0.1) is 10.9 Å². The molecule has 2 heterocycles. The Kier molecular flexibility index (Phi) is 1.90.